The fraction of sp³-hybridized carbons (Fsp3) is 0.500. The maximum absolute atomic E-state index is 5.95. The van der Waals surface area contributed by atoms with Crippen LogP contribution in [0.2, 0.25) is 0 Å². The van der Waals surface area contributed by atoms with Crippen LogP contribution in [0.25, 0.3) is 0 Å². The van der Waals surface area contributed by atoms with E-state index >= 15 is 0 Å². The van der Waals surface area contributed by atoms with E-state index < -0.39 is 0 Å². The van der Waals surface area contributed by atoms with Gasteiger partial charge in [0.1, 0.15) is 17.3 Å². The molecule has 2 heterocycles. The second-order valence-corrected chi connectivity index (χ2v) is 5.73. The van der Waals surface area contributed by atoms with Crippen molar-refractivity contribution in [3.05, 3.63) is 47.3 Å². The summed E-state index contributed by atoms with van der Waals surface area (Å²) in [6, 6.07) is 6.77. The Morgan fingerprint density at radius 1 is 1.30 bits per heavy atom. The molecule has 0 saturated heterocycles. The molecule has 3 rings (SSSR count). The van der Waals surface area contributed by atoms with Crippen LogP contribution < -0.4 is 5.32 Å². The highest BCUT2D eigenvalue weighted by molar-refractivity contribution is 5.20. The fourth-order valence-corrected chi connectivity index (χ4v) is 2.36. The maximum atomic E-state index is 5.95. The van der Waals surface area contributed by atoms with Crippen LogP contribution in [0.5, 0.6) is 0 Å². The molecule has 0 aliphatic heterocycles. The van der Waals surface area contributed by atoms with E-state index in [0.29, 0.717) is 6.04 Å². The standard InChI is InChI=1S/C16H22N2O2/c1-12-8-15(20-16(12)9-17-13-5-6-13)11-18(2)10-14-4-3-7-19-14/h3-4,7-8,13,17H,5-6,9-11H2,1-2H3. The first-order valence-electron chi connectivity index (χ1n) is 7.23. The zero-order valence-electron chi connectivity index (χ0n) is 12.2. The third kappa shape index (κ3) is 3.52. The molecule has 0 radical (unpaired) electrons. The summed E-state index contributed by atoms with van der Waals surface area (Å²) in [5.41, 5.74) is 1.24. The van der Waals surface area contributed by atoms with Crippen LogP contribution in [0.3, 0.4) is 0 Å². The lowest BCUT2D eigenvalue weighted by molar-refractivity contribution is 0.261. The number of nitrogens with one attached hydrogen (secondary N) is 1. The number of furan rings is 2. The van der Waals surface area contributed by atoms with Gasteiger partial charge in [-0.3, -0.25) is 4.90 Å². The Hall–Kier alpha value is -1.52. The predicted molar refractivity (Wildman–Crippen MR) is 77.2 cm³/mol. The van der Waals surface area contributed by atoms with E-state index in [1.165, 1.54) is 18.4 Å². The maximum Gasteiger partial charge on any atom is 0.120 e. The molecule has 0 spiro atoms. The lowest BCUT2D eigenvalue weighted by Crippen LogP contribution is -2.16. The van der Waals surface area contributed by atoms with Gasteiger partial charge in [-0.1, -0.05) is 0 Å². The molecule has 1 fully saturated rings. The summed E-state index contributed by atoms with van der Waals surface area (Å²) in [7, 11) is 2.07. The molecule has 0 amide bonds. The Morgan fingerprint density at radius 2 is 2.10 bits per heavy atom. The van der Waals surface area contributed by atoms with E-state index in [9.17, 15) is 0 Å². The van der Waals surface area contributed by atoms with Crippen LogP contribution in [-0.4, -0.2) is 18.0 Å². The second-order valence-electron chi connectivity index (χ2n) is 5.73. The van der Waals surface area contributed by atoms with Crippen molar-refractivity contribution in [2.75, 3.05) is 7.05 Å². The van der Waals surface area contributed by atoms with Crippen molar-refractivity contribution in [3.8, 4) is 0 Å². The van der Waals surface area contributed by atoms with Gasteiger partial charge >= 0.3 is 0 Å². The third-order valence-electron chi connectivity index (χ3n) is 3.63. The molecule has 1 aliphatic rings. The van der Waals surface area contributed by atoms with E-state index in [1.807, 2.05) is 12.1 Å². The van der Waals surface area contributed by atoms with E-state index in [4.69, 9.17) is 8.83 Å². The molecule has 1 N–H and O–H groups in total. The minimum atomic E-state index is 0.713. The summed E-state index contributed by atoms with van der Waals surface area (Å²) >= 11 is 0. The normalized spacial score (nSPS) is 15.2. The van der Waals surface area contributed by atoms with Gasteiger partial charge in [0.2, 0.25) is 0 Å². The molecule has 0 bridgehead atoms. The molecule has 4 nitrogen and oxygen atoms in total. The Bertz CT molecular complexity index is 541. The van der Waals surface area contributed by atoms with E-state index in [1.54, 1.807) is 6.26 Å². The Balaban J connectivity index is 1.54. The lowest BCUT2D eigenvalue weighted by atomic mass is 10.2. The van der Waals surface area contributed by atoms with Gasteiger partial charge in [-0.25, -0.2) is 0 Å². The Morgan fingerprint density at radius 3 is 2.80 bits per heavy atom. The third-order valence-corrected chi connectivity index (χ3v) is 3.63. The van der Waals surface area contributed by atoms with E-state index in [-0.39, 0.29) is 0 Å². The smallest absolute Gasteiger partial charge is 0.120 e. The average molecular weight is 274 g/mol. The van der Waals surface area contributed by atoms with Gasteiger partial charge in [0.25, 0.3) is 0 Å². The summed E-state index contributed by atoms with van der Waals surface area (Å²) in [6.45, 7) is 4.55. The minimum Gasteiger partial charge on any atom is -0.468 e. The van der Waals surface area contributed by atoms with Crippen LogP contribution in [0.1, 0.15) is 35.7 Å². The first-order chi connectivity index (χ1) is 9.70. The highest BCUT2D eigenvalue weighted by atomic mass is 16.3. The highest BCUT2D eigenvalue weighted by Crippen LogP contribution is 2.21. The molecule has 2 aromatic rings. The van der Waals surface area contributed by atoms with Crippen molar-refractivity contribution in [2.45, 2.75) is 45.4 Å². The van der Waals surface area contributed by atoms with Crippen LogP contribution in [0.15, 0.2) is 33.3 Å². The van der Waals surface area contributed by atoms with Crippen LogP contribution >= 0.6 is 0 Å². The summed E-state index contributed by atoms with van der Waals surface area (Å²) in [4.78, 5) is 2.19. The zero-order valence-corrected chi connectivity index (χ0v) is 12.2. The minimum absolute atomic E-state index is 0.713. The van der Waals surface area contributed by atoms with Gasteiger partial charge in [-0.2, -0.15) is 0 Å². The van der Waals surface area contributed by atoms with Crippen molar-refractivity contribution in [2.24, 2.45) is 0 Å². The summed E-state index contributed by atoms with van der Waals surface area (Å²) in [5.74, 6) is 3.06. The van der Waals surface area contributed by atoms with Gasteiger partial charge in [0.05, 0.1) is 25.9 Å². The van der Waals surface area contributed by atoms with Crippen molar-refractivity contribution in [3.63, 3.8) is 0 Å². The van der Waals surface area contributed by atoms with Gasteiger partial charge in [-0.05, 0) is 50.6 Å². The van der Waals surface area contributed by atoms with Crippen molar-refractivity contribution >= 4 is 0 Å². The average Bonchev–Trinajstić information content (AvgIpc) is 2.98. The quantitative estimate of drug-likeness (QED) is 0.842. The molecule has 0 unspecified atom stereocenters. The molecule has 20 heavy (non-hydrogen) atoms. The molecule has 4 heteroatoms. The molecule has 2 aromatic heterocycles. The van der Waals surface area contributed by atoms with Gasteiger partial charge in [-0.15, -0.1) is 0 Å². The van der Waals surface area contributed by atoms with Crippen molar-refractivity contribution in [1.82, 2.24) is 10.2 Å². The van der Waals surface area contributed by atoms with Crippen LogP contribution in [0.4, 0.5) is 0 Å². The first kappa shape index (κ1) is 13.5. The summed E-state index contributed by atoms with van der Waals surface area (Å²) in [5, 5.41) is 3.49. The predicted octanol–water partition coefficient (Wildman–Crippen LogP) is 3.07. The monoisotopic (exact) mass is 274 g/mol. The Labute approximate surface area is 119 Å². The van der Waals surface area contributed by atoms with E-state index in [2.05, 4.69) is 30.3 Å². The van der Waals surface area contributed by atoms with Crippen molar-refractivity contribution < 1.29 is 8.83 Å². The summed E-state index contributed by atoms with van der Waals surface area (Å²) < 4.78 is 11.3. The van der Waals surface area contributed by atoms with Gasteiger partial charge in [0.15, 0.2) is 0 Å². The second kappa shape index (κ2) is 5.85. The molecule has 1 aliphatic carbocycles. The molecular formula is C16H22N2O2. The largest absolute Gasteiger partial charge is 0.468 e. The lowest BCUT2D eigenvalue weighted by Gasteiger charge is -2.13. The topological polar surface area (TPSA) is 41.6 Å². The van der Waals surface area contributed by atoms with E-state index in [0.717, 1.165) is 36.9 Å². The van der Waals surface area contributed by atoms with Gasteiger partial charge in [0, 0.05) is 6.04 Å². The number of rotatable bonds is 7. The zero-order chi connectivity index (χ0) is 13.9. The molecule has 1 saturated carbocycles. The van der Waals surface area contributed by atoms with Gasteiger partial charge < -0.3 is 14.2 Å². The molecule has 108 valence electrons. The van der Waals surface area contributed by atoms with Crippen molar-refractivity contribution in [1.29, 1.82) is 0 Å². The number of nitrogens with zero attached hydrogens (tertiary/aromatic N) is 1. The summed E-state index contributed by atoms with van der Waals surface area (Å²) in [6.07, 6.45) is 4.32. The fourth-order valence-electron chi connectivity index (χ4n) is 2.36. The Kier molecular flexibility index (Phi) is 3.94. The number of hydrogen-bond donors (Lipinski definition) is 1. The molecule has 0 atom stereocenters. The SMILES string of the molecule is Cc1cc(CN(C)Cc2ccco2)oc1CNC1CC1. The van der Waals surface area contributed by atoms with Crippen LogP contribution in [0, 0.1) is 6.92 Å². The highest BCUT2D eigenvalue weighted by Gasteiger charge is 2.21. The molecule has 0 aromatic carbocycles. The molecular weight excluding hydrogens is 252 g/mol. The number of aryl methyl sites for hydroxylation is 1. The first-order valence-corrected chi connectivity index (χ1v) is 7.23. The van der Waals surface area contributed by atoms with Crippen LogP contribution in [-0.2, 0) is 19.6 Å². The number of hydrogen-bond acceptors (Lipinski definition) is 4.